The SMILES string of the molecule is CCOc1ccc(S(=O)(=O)NCC(C)OCC)cc1CN. The van der Waals surface area contributed by atoms with Gasteiger partial charge in [-0.25, -0.2) is 13.1 Å². The highest BCUT2D eigenvalue weighted by Gasteiger charge is 2.17. The van der Waals surface area contributed by atoms with Crippen LogP contribution >= 0.6 is 0 Å². The zero-order valence-electron chi connectivity index (χ0n) is 12.8. The summed E-state index contributed by atoms with van der Waals surface area (Å²) in [5, 5.41) is 0. The molecular formula is C14H24N2O4S. The Hall–Kier alpha value is -1.15. The van der Waals surface area contributed by atoms with Gasteiger partial charge in [-0.05, 0) is 39.0 Å². The van der Waals surface area contributed by atoms with E-state index >= 15 is 0 Å². The summed E-state index contributed by atoms with van der Waals surface area (Å²) in [4.78, 5) is 0.176. The van der Waals surface area contributed by atoms with Gasteiger partial charge in [0.05, 0.1) is 17.6 Å². The van der Waals surface area contributed by atoms with Crippen molar-refractivity contribution in [1.82, 2.24) is 4.72 Å². The van der Waals surface area contributed by atoms with Gasteiger partial charge in [0, 0.05) is 25.3 Å². The molecule has 0 amide bonds. The largest absolute Gasteiger partial charge is 0.494 e. The fourth-order valence-corrected chi connectivity index (χ4v) is 3.00. The van der Waals surface area contributed by atoms with Gasteiger partial charge in [-0.3, -0.25) is 0 Å². The Balaban J connectivity index is 2.88. The van der Waals surface area contributed by atoms with Gasteiger partial charge in [0.1, 0.15) is 5.75 Å². The summed E-state index contributed by atoms with van der Waals surface area (Å²) in [6.45, 7) is 7.03. The summed E-state index contributed by atoms with van der Waals surface area (Å²) < 4.78 is 37.7. The Morgan fingerprint density at radius 1 is 1.29 bits per heavy atom. The second kappa shape index (κ2) is 8.33. The minimum absolute atomic E-state index is 0.176. The number of nitrogens with two attached hydrogens (primary N) is 1. The summed E-state index contributed by atoms with van der Waals surface area (Å²) in [6.07, 6.45) is -0.179. The molecule has 3 N–H and O–H groups in total. The molecule has 0 spiro atoms. The van der Waals surface area contributed by atoms with Crippen molar-refractivity contribution in [2.45, 2.75) is 38.3 Å². The van der Waals surface area contributed by atoms with Crippen LogP contribution in [0.4, 0.5) is 0 Å². The summed E-state index contributed by atoms with van der Waals surface area (Å²) in [5.41, 5.74) is 6.30. The number of benzene rings is 1. The Kier molecular flexibility index (Phi) is 7.10. The highest BCUT2D eigenvalue weighted by Crippen LogP contribution is 2.22. The average Bonchev–Trinajstić information content (AvgIpc) is 2.46. The van der Waals surface area contributed by atoms with Gasteiger partial charge in [-0.15, -0.1) is 0 Å². The molecule has 0 aromatic heterocycles. The third-order valence-corrected chi connectivity index (χ3v) is 4.30. The monoisotopic (exact) mass is 316 g/mol. The van der Waals surface area contributed by atoms with Crippen molar-refractivity contribution in [3.63, 3.8) is 0 Å². The average molecular weight is 316 g/mol. The standard InChI is InChI=1S/C14H24N2O4S/c1-4-19-11(3)10-16-21(17,18)13-6-7-14(20-5-2)12(8-13)9-15/h6-8,11,16H,4-5,9-10,15H2,1-3H3. The van der Waals surface area contributed by atoms with E-state index in [0.717, 1.165) is 0 Å². The first kappa shape index (κ1) is 17.9. The van der Waals surface area contributed by atoms with Gasteiger partial charge in [-0.1, -0.05) is 0 Å². The molecule has 0 fully saturated rings. The van der Waals surface area contributed by atoms with Crippen LogP contribution in [0.15, 0.2) is 23.1 Å². The maximum atomic E-state index is 12.2. The van der Waals surface area contributed by atoms with E-state index in [1.54, 1.807) is 12.1 Å². The van der Waals surface area contributed by atoms with E-state index in [4.69, 9.17) is 15.2 Å². The van der Waals surface area contributed by atoms with Gasteiger partial charge < -0.3 is 15.2 Å². The number of ether oxygens (including phenoxy) is 2. The van der Waals surface area contributed by atoms with Crippen molar-refractivity contribution < 1.29 is 17.9 Å². The molecule has 1 rings (SSSR count). The Bertz CT molecular complexity index is 546. The van der Waals surface area contributed by atoms with Gasteiger partial charge in [0.2, 0.25) is 10.0 Å². The third kappa shape index (κ3) is 5.28. The number of sulfonamides is 1. The van der Waals surface area contributed by atoms with Gasteiger partial charge in [0.15, 0.2) is 0 Å². The van der Waals surface area contributed by atoms with Crippen molar-refractivity contribution in [2.24, 2.45) is 5.73 Å². The first-order valence-electron chi connectivity index (χ1n) is 7.01. The lowest BCUT2D eigenvalue weighted by Crippen LogP contribution is -2.32. The normalized spacial score (nSPS) is 13.1. The molecule has 1 atom stereocenters. The maximum Gasteiger partial charge on any atom is 0.240 e. The molecule has 0 bridgehead atoms. The molecule has 0 aliphatic carbocycles. The van der Waals surface area contributed by atoms with Gasteiger partial charge in [0.25, 0.3) is 0 Å². The van der Waals surface area contributed by atoms with E-state index in [0.29, 0.717) is 24.5 Å². The van der Waals surface area contributed by atoms with Crippen LogP contribution in [-0.4, -0.2) is 34.3 Å². The fourth-order valence-electron chi connectivity index (χ4n) is 1.83. The highest BCUT2D eigenvalue weighted by atomic mass is 32.2. The van der Waals surface area contributed by atoms with E-state index in [1.165, 1.54) is 6.07 Å². The van der Waals surface area contributed by atoms with E-state index in [-0.39, 0.29) is 24.1 Å². The predicted octanol–water partition coefficient (Wildman–Crippen LogP) is 1.25. The van der Waals surface area contributed by atoms with E-state index < -0.39 is 10.0 Å². The minimum Gasteiger partial charge on any atom is -0.494 e. The molecule has 0 radical (unpaired) electrons. The van der Waals surface area contributed by atoms with Crippen molar-refractivity contribution in [2.75, 3.05) is 19.8 Å². The number of hydrogen-bond donors (Lipinski definition) is 2. The number of nitrogens with one attached hydrogen (secondary N) is 1. The topological polar surface area (TPSA) is 90.7 Å². The molecule has 0 saturated carbocycles. The molecule has 0 aliphatic heterocycles. The van der Waals surface area contributed by atoms with E-state index in [9.17, 15) is 8.42 Å². The smallest absolute Gasteiger partial charge is 0.240 e. The van der Waals surface area contributed by atoms with Crippen LogP contribution in [0.2, 0.25) is 0 Å². The molecule has 0 aliphatic rings. The summed E-state index contributed by atoms with van der Waals surface area (Å²) in [7, 11) is -3.58. The highest BCUT2D eigenvalue weighted by molar-refractivity contribution is 7.89. The zero-order chi connectivity index (χ0) is 15.9. The molecule has 120 valence electrons. The van der Waals surface area contributed by atoms with Crippen molar-refractivity contribution >= 4 is 10.0 Å². The van der Waals surface area contributed by atoms with Crippen LogP contribution in [0.5, 0.6) is 5.75 Å². The fraction of sp³-hybridized carbons (Fsp3) is 0.571. The van der Waals surface area contributed by atoms with Crippen molar-refractivity contribution in [3.05, 3.63) is 23.8 Å². The quantitative estimate of drug-likeness (QED) is 0.715. The van der Waals surface area contributed by atoms with E-state index in [2.05, 4.69) is 4.72 Å². The lowest BCUT2D eigenvalue weighted by molar-refractivity contribution is 0.0799. The Morgan fingerprint density at radius 3 is 2.57 bits per heavy atom. The first-order valence-corrected chi connectivity index (χ1v) is 8.50. The molecule has 21 heavy (non-hydrogen) atoms. The second-order valence-corrected chi connectivity index (χ2v) is 6.29. The van der Waals surface area contributed by atoms with Crippen LogP contribution in [0.3, 0.4) is 0 Å². The lowest BCUT2D eigenvalue weighted by Gasteiger charge is -2.14. The summed E-state index contributed by atoms with van der Waals surface area (Å²) in [5.74, 6) is 0.613. The number of rotatable bonds is 9. The maximum absolute atomic E-state index is 12.2. The minimum atomic E-state index is -3.58. The van der Waals surface area contributed by atoms with E-state index in [1.807, 2.05) is 20.8 Å². The van der Waals surface area contributed by atoms with Crippen molar-refractivity contribution in [3.8, 4) is 5.75 Å². The molecule has 0 heterocycles. The summed E-state index contributed by atoms with van der Waals surface area (Å²) >= 11 is 0. The lowest BCUT2D eigenvalue weighted by atomic mass is 10.2. The molecule has 6 nitrogen and oxygen atoms in total. The third-order valence-electron chi connectivity index (χ3n) is 2.87. The van der Waals surface area contributed by atoms with Crippen LogP contribution < -0.4 is 15.2 Å². The predicted molar refractivity (Wildman–Crippen MR) is 81.8 cm³/mol. The molecule has 1 aromatic rings. The zero-order valence-corrected chi connectivity index (χ0v) is 13.6. The first-order chi connectivity index (χ1) is 9.94. The second-order valence-electron chi connectivity index (χ2n) is 4.52. The van der Waals surface area contributed by atoms with Crippen LogP contribution in [0.25, 0.3) is 0 Å². The van der Waals surface area contributed by atoms with Crippen LogP contribution in [0, 0.1) is 0 Å². The van der Waals surface area contributed by atoms with Crippen molar-refractivity contribution in [1.29, 1.82) is 0 Å². The Morgan fingerprint density at radius 2 is 2.00 bits per heavy atom. The van der Waals surface area contributed by atoms with Gasteiger partial charge >= 0.3 is 0 Å². The molecule has 0 saturated heterocycles. The van der Waals surface area contributed by atoms with Crippen LogP contribution in [-0.2, 0) is 21.3 Å². The summed E-state index contributed by atoms with van der Waals surface area (Å²) in [6, 6.07) is 4.68. The molecule has 7 heteroatoms. The Labute approximate surface area is 126 Å². The van der Waals surface area contributed by atoms with Gasteiger partial charge in [-0.2, -0.15) is 0 Å². The molecule has 1 aromatic carbocycles. The van der Waals surface area contributed by atoms with Crippen LogP contribution in [0.1, 0.15) is 26.3 Å². The molecule has 1 unspecified atom stereocenters. The number of hydrogen-bond acceptors (Lipinski definition) is 5. The molecular weight excluding hydrogens is 292 g/mol.